The van der Waals surface area contributed by atoms with E-state index < -0.39 is 6.10 Å². The highest BCUT2D eigenvalue weighted by Crippen LogP contribution is 2.21. The first-order valence-corrected chi connectivity index (χ1v) is 11.9. The molecule has 7 nitrogen and oxygen atoms in total. The minimum atomic E-state index is -0.595. The van der Waals surface area contributed by atoms with Crippen molar-refractivity contribution in [2.24, 2.45) is 0 Å². The Morgan fingerprint density at radius 1 is 1.06 bits per heavy atom. The summed E-state index contributed by atoms with van der Waals surface area (Å²) in [6, 6.07) is 8.46. The number of amides is 3. The summed E-state index contributed by atoms with van der Waals surface area (Å²) in [4.78, 5) is 31.2. The van der Waals surface area contributed by atoms with Gasteiger partial charge in [-0.05, 0) is 43.2 Å². The number of hydrogen-bond acceptors (Lipinski definition) is 4. The lowest BCUT2D eigenvalue weighted by Gasteiger charge is -2.39. The van der Waals surface area contributed by atoms with E-state index in [1.807, 2.05) is 9.80 Å². The number of benzene rings is 1. The molecule has 2 saturated heterocycles. The van der Waals surface area contributed by atoms with Crippen molar-refractivity contribution >= 4 is 11.9 Å². The van der Waals surface area contributed by atoms with E-state index in [1.165, 1.54) is 11.1 Å². The van der Waals surface area contributed by atoms with Gasteiger partial charge in [0.1, 0.15) is 0 Å². The van der Waals surface area contributed by atoms with Gasteiger partial charge in [0.2, 0.25) is 5.91 Å². The van der Waals surface area contributed by atoms with Crippen molar-refractivity contribution in [2.75, 3.05) is 39.3 Å². The number of aliphatic hydroxyl groups is 1. The maximum Gasteiger partial charge on any atom is 0.317 e. The van der Waals surface area contributed by atoms with Gasteiger partial charge in [-0.25, -0.2) is 4.79 Å². The predicted octanol–water partition coefficient (Wildman–Crippen LogP) is 1.98. The minimum Gasteiger partial charge on any atom is -0.390 e. The molecule has 0 spiro atoms. The Kier molecular flexibility index (Phi) is 7.45. The Bertz CT molecular complexity index is 771. The van der Waals surface area contributed by atoms with Crippen LogP contribution in [0.1, 0.15) is 49.7 Å². The van der Waals surface area contributed by atoms with E-state index in [-0.39, 0.29) is 24.5 Å². The molecule has 0 saturated carbocycles. The number of nitrogens with zero attached hydrogens (tertiary/aromatic N) is 3. The molecule has 7 heteroatoms. The van der Waals surface area contributed by atoms with Crippen molar-refractivity contribution in [2.45, 2.75) is 63.6 Å². The molecule has 0 bridgehead atoms. The number of fused-ring (bicyclic) bond motifs is 1. The van der Waals surface area contributed by atoms with Crippen molar-refractivity contribution in [3.8, 4) is 0 Å². The number of likely N-dealkylation sites (tertiary alicyclic amines) is 2. The standard InChI is InChI=1S/C24H36N4O3/c29-22(18-26-14-11-19-7-3-4-8-20(19)16-26)15-25-24(31)27-12-6-9-21(17-27)28-13-5-1-2-10-23(28)30/h3-4,7-8,21-22,29H,1-2,5-6,9-18H2,(H,25,31). The van der Waals surface area contributed by atoms with Gasteiger partial charge in [-0.3, -0.25) is 9.69 Å². The molecular weight excluding hydrogens is 392 g/mol. The fraction of sp³-hybridized carbons (Fsp3) is 0.667. The maximum atomic E-state index is 12.7. The molecular formula is C24H36N4O3. The molecule has 31 heavy (non-hydrogen) atoms. The number of piperidine rings is 1. The molecule has 2 N–H and O–H groups in total. The van der Waals surface area contributed by atoms with Gasteiger partial charge in [0.15, 0.2) is 0 Å². The third-order valence-electron chi connectivity index (χ3n) is 6.90. The predicted molar refractivity (Wildman–Crippen MR) is 120 cm³/mol. The molecule has 2 fully saturated rings. The topological polar surface area (TPSA) is 76.1 Å². The van der Waals surface area contributed by atoms with Crippen LogP contribution in [0, 0.1) is 0 Å². The summed E-state index contributed by atoms with van der Waals surface area (Å²) in [5, 5.41) is 13.4. The van der Waals surface area contributed by atoms with Crippen LogP contribution in [0.4, 0.5) is 4.79 Å². The SMILES string of the molecule is O=C(NCC(O)CN1CCc2ccccc2C1)N1CCCC(N2CCCCCC2=O)C1. The number of hydrogen-bond donors (Lipinski definition) is 2. The first-order valence-electron chi connectivity index (χ1n) is 11.9. The number of urea groups is 1. The van der Waals surface area contributed by atoms with Crippen LogP contribution in [0.25, 0.3) is 0 Å². The lowest BCUT2D eigenvalue weighted by atomic mass is 10.00. The number of rotatable bonds is 5. The molecule has 3 amide bonds. The van der Waals surface area contributed by atoms with E-state index in [0.717, 1.165) is 58.2 Å². The zero-order valence-corrected chi connectivity index (χ0v) is 18.5. The third-order valence-corrected chi connectivity index (χ3v) is 6.90. The molecule has 170 valence electrons. The van der Waals surface area contributed by atoms with E-state index in [0.29, 0.717) is 26.1 Å². The van der Waals surface area contributed by atoms with Gasteiger partial charge in [-0.1, -0.05) is 30.7 Å². The lowest BCUT2D eigenvalue weighted by Crippen LogP contribution is -2.54. The number of nitrogens with one attached hydrogen (secondary N) is 1. The Labute approximate surface area is 185 Å². The zero-order valence-electron chi connectivity index (χ0n) is 18.5. The van der Waals surface area contributed by atoms with Gasteiger partial charge >= 0.3 is 6.03 Å². The average molecular weight is 429 g/mol. The van der Waals surface area contributed by atoms with Crippen LogP contribution < -0.4 is 5.32 Å². The summed E-state index contributed by atoms with van der Waals surface area (Å²) < 4.78 is 0. The molecule has 3 heterocycles. The molecule has 3 aliphatic heterocycles. The molecule has 4 rings (SSSR count). The second-order valence-corrected chi connectivity index (χ2v) is 9.23. The zero-order chi connectivity index (χ0) is 21.6. The van der Waals surface area contributed by atoms with Crippen LogP contribution in [0.5, 0.6) is 0 Å². The first kappa shape index (κ1) is 22.1. The van der Waals surface area contributed by atoms with Crippen LogP contribution in [-0.4, -0.2) is 83.2 Å². The quantitative estimate of drug-likeness (QED) is 0.752. The van der Waals surface area contributed by atoms with E-state index in [4.69, 9.17) is 0 Å². The Morgan fingerprint density at radius 3 is 2.77 bits per heavy atom. The van der Waals surface area contributed by atoms with Gasteiger partial charge in [-0.2, -0.15) is 0 Å². The molecule has 2 unspecified atom stereocenters. The van der Waals surface area contributed by atoms with Crippen LogP contribution in [-0.2, 0) is 17.8 Å². The molecule has 2 atom stereocenters. The molecule has 0 radical (unpaired) electrons. The van der Waals surface area contributed by atoms with Crippen molar-refractivity contribution in [3.05, 3.63) is 35.4 Å². The van der Waals surface area contributed by atoms with Crippen molar-refractivity contribution < 1.29 is 14.7 Å². The Morgan fingerprint density at radius 2 is 1.90 bits per heavy atom. The molecule has 1 aromatic carbocycles. The van der Waals surface area contributed by atoms with E-state index in [2.05, 4.69) is 34.5 Å². The number of aliphatic hydroxyl groups excluding tert-OH is 1. The van der Waals surface area contributed by atoms with Crippen LogP contribution in [0.2, 0.25) is 0 Å². The number of carbonyl (C=O) groups is 2. The smallest absolute Gasteiger partial charge is 0.317 e. The normalized spacial score (nSPS) is 23.8. The first-order chi connectivity index (χ1) is 15.1. The summed E-state index contributed by atoms with van der Waals surface area (Å²) >= 11 is 0. The van der Waals surface area contributed by atoms with Crippen molar-refractivity contribution in [3.63, 3.8) is 0 Å². The van der Waals surface area contributed by atoms with Crippen molar-refractivity contribution in [1.82, 2.24) is 20.0 Å². The van der Waals surface area contributed by atoms with E-state index >= 15 is 0 Å². The Hall–Kier alpha value is -2.12. The summed E-state index contributed by atoms with van der Waals surface area (Å²) in [7, 11) is 0. The monoisotopic (exact) mass is 428 g/mol. The van der Waals surface area contributed by atoms with E-state index in [9.17, 15) is 14.7 Å². The summed E-state index contributed by atoms with van der Waals surface area (Å²) in [6.45, 7) is 4.70. The van der Waals surface area contributed by atoms with Crippen molar-refractivity contribution in [1.29, 1.82) is 0 Å². The molecule has 0 aromatic heterocycles. The van der Waals surface area contributed by atoms with Crippen LogP contribution in [0.15, 0.2) is 24.3 Å². The van der Waals surface area contributed by atoms with Gasteiger partial charge in [-0.15, -0.1) is 0 Å². The molecule has 0 aliphatic carbocycles. The van der Waals surface area contributed by atoms with Gasteiger partial charge in [0, 0.05) is 58.3 Å². The average Bonchev–Trinajstić information content (AvgIpc) is 3.01. The number of β-amino-alcohol motifs (C(OH)–C–C–N with tert-alkyl or cyclic N) is 1. The van der Waals surface area contributed by atoms with Gasteiger partial charge < -0.3 is 20.2 Å². The van der Waals surface area contributed by atoms with Gasteiger partial charge in [0.05, 0.1) is 6.10 Å². The highest BCUT2D eigenvalue weighted by atomic mass is 16.3. The molecule has 1 aromatic rings. The highest BCUT2D eigenvalue weighted by molar-refractivity contribution is 5.77. The highest BCUT2D eigenvalue weighted by Gasteiger charge is 2.31. The second-order valence-electron chi connectivity index (χ2n) is 9.23. The minimum absolute atomic E-state index is 0.128. The van der Waals surface area contributed by atoms with Crippen LogP contribution >= 0.6 is 0 Å². The fourth-order valence-electron chi connectivity index (χ4n) is 5.17. The fourth-order valence-corrected chi connectivity index (χ4v) is 5.17. The van der Waals surface area contributed by atoms with E-state index in [1.54, 1.807) is 0 Å². The second kappa shape index (κ2) is 10.5. The lowest BCUT2D eigenvalue weighted by molar-refractivity contribution is -0.133. The van der Waals surface area contributed by atoms with Crippen LogP contribution in [0.3, 0.4) is 0 Å². The maximum absolute atomic E-state index is 12.7. The summed E-state index contributed by atoms with van der Waals surface area (Å²) in [6.07, 6.45) is 6.07. The number of carbonyl (C=O) groups excluding carboxylic acids is 2. The Balaban J connectivity index is 1.22. The largest absolute Gasteiger partial charge is 0.390 e. The van der Waals surface area contributed by atoms with Gasteiger partial charge in [0.25, 0.3) is 0 Å². The summed E-state index contributed by atoms with van der Waals surface area (Å²) in [5.41, 5.74) is 2.72. The molecule has 3 aliphatic rings. The summed E-state index contributed by atoms with van der Waals surface area (Å²) in [5.74, 6) is 0.239. The third kappa shape index (κ3) is 5.77.